The number of halogens is 2. The van der Waals surface area contributed by atoms with Crippen molar-refractivity contribution in [3.8, 4) is 11.5 Å². The number of phenolic OH excluding ortho intramolecular Hbond substituents is 1. The predicted octanol–water partition coefficient (Wildman–Crippen LogP) is 3.64. The fourth-order valence-corrected chi connectivity index (χ4v) is 2.70. The molecule has 0 saturated heterocycles. The van der Waals surface area contributed by atoms with Crippen LogP contribution in [0.25, 0.3) is 0 Å². The highest BCUT2D eigenvalue weighted by molar-refractivity contribution is 6.36. The van der Waals surface area contributed by atoms with E-state index in [0.29, 0.717) is 17.2 Å². The van der Waals surface area contributed by atoms with Gasteiger partial charge in [0.1, 0.15) is 5.75 Å². The molecule has 0 radical (unpaired) electrons. The van der Waals surface area contributed by atoms with Gasteiger partial charge in [0.25, 0.3) is 5.91 Å². The topological polar surface area (TPSA) is 58.6 Å². The van der Waals surface area contributed by atoms with Crippen LogP contribution in [0.2, 0.25) is 10.0 Å². The average molecular weight is 324 g/mol. The third-order valence-corrected chi connectivity index (χ3v) is 3.73. The predicted molar refractivity (Wildman–Crippen MR) is 81.3 cm³/mol. The molecule has 1 aliphatic heterocycles. The lowest BCUT2D eigenvalue weighted by molar-refractivity contribution is -0.122. The molecule has 2 aromatic rings. The van der Waals surface area contributed by atoms with E-state index in [4.69, 9.17) is 27.9 Å². The lowest BCUT2D eigenvalue weighted by atomic mass is 10.1. The molecule has 0 spiro atoms. The lowest BCUT2D eigenvalue weighted by Crippen LogP contribution is -2.31. The minimum Gasteiger partial charge on any atom is -0.504 e. The Labute approximate surface area is 131 Å². The molecule has 1 aliphatic rings. The highest BCUT2D eigenvalue weighted by Crippen LogP contribution is 2.36. The highest BCUT2D eigenvalue weighted by atomic mass is 35.5. The summed E-state index contributed by atoms with van der Waals surface area (Å²) in [4.78, 5) is 12.2. The van der Waals surface area contributed by atoms with Gasteiger partial charge in [-0.2, -0.15) is 0 Å². The number of phenols is 1. The van der Waals surface area contributed by atoms with Crippen molar-refractivity contribution >= 4 is 34.8 Å². The Morgan fingerprint density at radius 3 is 2.81 bits per heavy atom. The van der Waals surface area contributed by atoms with Crippen LogP contribution in [-0.4, -0.2) is 17.1 Å². The van der Waals surface area contributed by atoms with E-state index in [1.165, 1.54) is 12.1 Å². The van der Waals surface area contributed by atoms with Gasteiger partial charge in [0.2, 0.25) is 0 Å². The first-order valence-corrected chi connectivity index (χ1v) is 7.03. The maximum Gasteiger partial charge on any atom is 0.265 e. The molecule has 0 saturated carbocycles. The van der Waals surface area contributed by atoms with Gasteiger partial charge in [0.05, 0.1) is 10.7 Å². The zero-order chi connectivity index (χ0) is 15.0. The van der Waals surface area contributed by atoms with E-state index < -0.39 is 6.10 Å². The monoisotopic (exact) mass is 323 g/mol. The second kappa shape index (κ2) is 5.47. The summed E-state index contributed by atoms with van der Waals surface area (Å²) in [5.74, 6) is 0.121. The number of carbonyl (C=O) groups excluding carboxylic acids is 1. The van der Waals surface area contributed by atoms with Crippen LogP contribution < -0.4 is 10.1 Å². The number of benzene rings is 2. The van der Waals surface area contributed by atoms with Crippen LogP contribution in [0.15, 0.2) is 36.4 Å². The zero-order valence-corrected chi connectivity index (χ0v) is 12.3. The molecular formula is C15H11Cl2NO3. The van der Waals surface area contributed by atoms with Crippen LogP contribution in [0.4, 0.5) is 5.69 Å². The summed E-state index contributed by atoms with van der Waals surface area (Å²) in [5, 5.41) is 12.8. The van der Waals surface area contributed by atoms with Gasteiger partial charge in [-0.05, 0) is 23.8 Å². The Morgan fingerprint density at radius 1 is 1.29 bits per heavy atom. The standard InChI is InChI=1S/C15H11Cl2NO3/c16-9-6-10(17)14(19)11(7-9)18-15(20)13-5-8-3-1-2-4-12(8)21-13/h1-4,6-7,13,19H,5H2,(H,18,20). The van der Waals surface area contributed by atoms with Gasteiger partial charge < -0.3 is 15.2 Å². The number of hydrogen-bond acceptors (Lipinski definition) is 3. The average Bonchev–Trinajstić information content (AvgIpc) is 2.88. The van der Waals surface area contributed by atoms with Crippen molar-refractivity contribution in [2.45, 2.75) is 12.5 Å². The summed E-state index contributed by atoms with van der Waals surface area (Å²) in [6.07, 6.45) is -0.156. The first-order chi connectivity index (χ1) is 10.0. The Balaban J connectivity index is 1.77. The fraction of sp³-hybridized carbons (Fsp3) is 0.133. The van der Waals surface area contributed by atoms with E-state index >= 15 is 0 Å². The van der Waals surface area contributed by atoms with Crippen molar-refractivity contribution in [1.82, 2.24) is 0 Å². The minimum atomic E-state index is -0.639. The largest absolute Gasteiger partial charge is 0.504 e. The Morgan fingerprint density at radius 2 is 2.05 bits per heavy atom. The molecule has 1 amide bonds. The number of fused-ring (bicyclic) bond motifs is 1. The third kappa shape index (κ3) is 2.77. The van der Waals surface area contributed by atoms with E-state index in [1.54, 1.807) is 0 Å². The van der Waals surface area contributed by atoms with E-state index in [-0.39, 0.29) is 22.4 Å². The second-order valence-electron chi connectivity index (χ2n) is 4.69. The summed E-state index contributed by atoms with van der Waals surface area (Å²) >= 11 is 11.7. The molecule has 0 aliphatic carbocycles. The highest BCUT2D eigenvalue weighted by Gasteiger charge is 2.29. The van der Waals surface area contributed by atoms with E-state index in [1.807, 2.05) is 24.3 Å². The van der Waals surface area contributed by atoms with Crippen molar-refractivity contribution in [2.24, 2.45) is 0 Å². The number of para-hydroxylation sites is 1. The number of rotatable bonds is 2. The molecular weight excluding hydrogens is 313 g/mol. The second-order valence-corrected chi connectivity index (χ2v) is 5.54. The number of nitrogens with one attached hydrogen (secondary N) is 1. The number of amides is 1. The van der Waals surface area contributed by atoms with E-state index in [2.05, 4.69) is 5.32 Å². The molecule has 0 fully saturated rings. The van der Waals surface area contributed by atoms with Gasteiger partial charge in [-0.15, -0.1) is 0 Å². The van der Waals surface area contributed by atoms with Crippen LogP contribution in [0, 0.1) is 0 Å². The van der Waals surface area contributed by atoms with Crippen LogP contribution >= 0.6 is 23.2 Å². The molecule has 1 unspecified atom stereocenters. The van der Waals surface area contributed by atoms with Crippen LogP contribution in [0.1, 0.15) is 5.56 Å². The van der Waals surface area contributed by atoms with E-state index in [9.17, 15) is 9.90 Å². The molecule has 1 heterocycles. The molecule has 21 heavy (non-hydrogen) atoms. The molecule has 2 N–H and O–H groups in total. The quantitative estimate of drug-likeness (QED) is 0.829. The van der Waals surface area contributed by atoms with Crippen molar-refractivity contribution in [3.63, 3.8) is 0 Å². The molecule has 0 aromatic heterocycles. The molecule has 0 bridgehead atoms. The summed E-state index contributed by atoms with van der Waals surface area (Å²) in [6, 6.07) is 10.3. The van der Waals surface area contributed by atoms with Crippen molar-refractivity contribution in [3.05, 3.63) is 52.0 Å². The smallest absolute Gasteiger partial charge is 0.265 e. The first-order valence-electron chi connectivity index (χ1n) is 6.28. The van der Waals surface area contributed by atoms with Crippen molar-refractivity contribution in [2.75, 3.05) is 5.32 Å². The summed E-state index contributed by atoms with van der Waals surface area (Å²) in [6.45, 7) is 0. The molecule has 1 atom stereocenters. The Hall–Kier alpha value is -1.91. The molecule has 2 aromatic carbocycles. The van der Waals surface area contributed by atoms with Crippen LogP contribution in [0.5, 0.6) is 11.5 Å². The number of carbonyl (C=O) groups is 1. The maximum absolute atomic E-state index is 12.2. The molecule has 108 valence electrons. The van der Waals surface area contributed by atoms with Crippen molar-refractivity contribution in [1.29, 1.82) is 0 Å². The summed E-state index contributed by atoms with van der Waals surface area (Å²) < 4.78 is 5.58. The lowest BCUT2D eigenvalue weighted by Gasteiger charge is -2.13. The zero-order valence-electron chi connectivity index (χ0n) is 10.8. The molecule has 3 rings (SSSR count). The normalized spacial score (nSPS) is 16.2. The molecule has 4 nitrogen and oxygen atoms in total. The van der Waals surface area contributed by atoms with Gasteiger partial charge in [-0.25, -0.2) is 0 Å². The number of hydrogen-bond donors (Lipinski definition) is 2. The Kier molecular flexibility index (Phi) is 3.66. The van der Waals surface area contributed by atoms with Gasteiger partial charge >= 0.3 is 0 Å². The van der Waals surface area contributed by atoms with Crippen molar-refractivity contribution < 1.29 is 14.6 Å². The van der Waals surface area contributed by atoms with E-state index in [0.717, 1.165) is 5.56 Å². The molecule has 6 heteroatoms. The maximum atomic E-state index is 12.2. The van der Waals surface area contributed by atoms with Gasteiger partial charge in [0.15, 0.2) is 11.9 Å². The number of anilines is 1. The van der Waals surface area contributed by atoms with Crippen LogP contribution in [-0.2, 0) is 11.2 Å². The van der Waals surface area contributed by atoms with Gasteiger partial charge in [-0.1, -0.05) is 41.4 Å². The SMILES string of the molecule is O=C(Nc1cc(Cl)cc(Cl)c1O)C1Cc2ccccc2O1. The first kappa shape index (κ1) is 14.0. The summed E-state index contributed by atoms with van der Waals surface area (Å²) in [7, 11) is 0. The Bertz CT molecular complexity index is 693. The van der Waals surface area contributed by atoms with Crippen LogP contribution in [0.3, 0.4) is 0 Å². The third-order valence-electron chi connectivity index (χ3n) is 3.23. The van der Waals surface area contributed by atoms with Gasteiger partial charge in [0, 0.05) is 11.4 Å². The minimum absolute atomic E-state index is 0.0772. The fourth-order valence-electron chi connectivity index (χ4n) is 2.20. The number of aromatic hydroxyl groups is 1. The number of ether oxygens (including phenoxy) is 1. The van der Waals surface area contributed by atoms with Gasteiger partial charge in [-0.3, -0.25) is 4.79 Å². The summed E-state index contributed by atoms with van der Waals surface area (Å²) in [5.41, 5.74) is 1.14.